The maximum absolute atomic E-state index is 13.8. The number of benzene rings is 2. The molecule has 0 spiro atoms. The van der Waals surface area contributed by atoms with Gasteiger partial charge in [0.05, 0.1) is 0 Å². The lowest BCUT2D eigenvalue weighted by atomic mass is 9.96. The molecular formula is C20H20FNO5S. The summed E-state index contributed by atoms with van der Waals surface area (Å²) in [5.74, 6) is -3.12. The quantitative estimate of drug-likeness (QED) is 0.451. The van der Waals surface area contributed by atoms with Crippen molar-refractivity contribution in [1.82, 2.24) is 0 Å². The summed E-state index contributed by atoms with van der Waals surface area (Å²) in [6, 6.07) is 10.7. The van der Waals surface area contributed by atoms with Crippen LogP contribution in [0.4, 0.5) is 14.9 Å². The van der Waals surface area contributed by atoms with Gasteiger partial charge in [-0.3, -0.25) is 5.32 Å². The number of amides is 1. The lowest BCUT2D eigenvalue weighted by Gasteiger charge is -2.23. The van der Waals surface area contributed by atoms with Crippen LogP contribution in [0.2, 0.25) is 0 Å². The molecular weight excluding hydrogens is 385 g/mol. The van der Waals surface area contributed by atoms with Gasteiger partial charge < -0.3 is 14.9 Å². The predicted octanol–water partition coefficient (Wildman–Crippen LogP) is 4.82. The van der Waals surface area contributed by atoms with Gasteiger partial charge in [-0.2, -0.15) is 0 Å². The summed E-state index contributed by atoms with van der Waals surface area (Å²) < 4.78 is 19.2. The first-order valence-corrected chi connectivity index (χ1v) is 9.54. The molecule has 0 aliphatic rings. The van der Waals surface area contributed by atoms with E-state index in [2.05, 4.69) is 5.32 Å². The van der Waals surface area contributed by atoms with E-state index in [0.29, 0.717) is 5.69 Å². The Morgan fingerprint density at radius 2 is 1.89 bits per heavy atom. The highest BCUT2D eigenvalue weighted by molar-refractivity contribution is 7.98. The minimum Gasteiger partial charge on any atom is -0.505 e. The van der Waals surface area contributed by atoms with Crippen molar-refractivity contribution in [3.8, 4) is 5.75 Å². The average molecular weight is 405 g/mol. The van der Waals surface area contributed by atoms with Crippen LogP contribution in [-0.2, 0) is 9.53 Å². The van der Waals surface area contributed by atoms with E-state index in [9.17, 15) is 19.1 Å². The summed E-state index contributed by atoms with van der Waals surface area (Å²) in [6.07, 6.45) is 2.47. The van der Waals surface area contributed by atoms with Crippen LogP contribution in [0.25, 0.3) is 0 Å². The number of carboxylic acids is 1. The minimum atomic E-state index is -1.15. The molecule has 0 aromatic heterocycles. The monoisotopic (exact) mass is 405 g/mol. The zero-order valence-electron chi connectivity index (χ0n) is 15.3. The average Bonchev–Trinajstić information content (AvgIpc) is 2.67. The number of hydrogen-bond acceptors (Lipinski definition) is 5. The van der Waals surface area contributed by atoms with Gasteiger partial charge in [-0.05, 0) is 48.2 Å². The highest BCUT2D eigenvalue weighted by Crippen LogP contribution is 2.30. The Hall–Kier alpha value is -3.00. The highest BCUT2D eigenvalue weighted by atomic mass is 32.2. The largest absolute Gasteiger partial charge is 0.505 e. The van der Waals surface area contributed by atoms with Gasteiger partial charge in [-0.25, -0.2) is 14.0 Å². The molecule has 2 aromatic rings. The topological polar surface area (TPSA) is 95.9 Å². The minimum absolute atomic E-state index is 0.283. The van der Waals surface area contributed by atoms with E-state index in [1.807, 2.05) is 18.4 Å². The molecule has 0 saturated heterocycles. The highest BCUT2D eigenvalue weighted by Gasteiger charge is 2.23. The number of carbonyl (C=O) groups is 2. The van der Waals surface area contributed by atoms with Crippen LogP contribution in [0.15, 0.2) is 59.5 Å². The second-order valence-electron chi connectivity index (χ2n) is 5.95. The van der Waals surface area contributed by atoms with E-state index in [1.165, 1.54) is 12.1 Å². The Labute approximate surface area is 166 Å². The van der Waals surface area contributed by atoms with E-state index in [4.69, 9.17) is 9.84 Å². The smallest absolute Gasteiger partial charge is 0.412 e. The van der Waals surface area contributed by atoms with Gasteiger partial charge in [0.1, 0.15) is 6.10 Å². The van der Waals surface area contributed by atoms with Crippen molar-refractivity contribution in [3.63, 3.8) is 0 Å². The molecule has 2 atom stereocenters. The van der Waals surface area contributed by atoms with Crippen LogP contribution in [0.3, 0.4) is 0 Å². The zero-order valence-corrected chi connectivity index (χ0v) is 16.1. The molecule has 28 heavy (non-hydrogen) atoms. The summed E-state index contributed by atoms with van der Waals surface area (Å²) in [4.78, 5) is 24.1. The zero-order chi connectivity index (χ0) is 20.7. The van der Waals surface area contributed by atoms with E-state index >= 15 is 0 Å². The number of halogens is 1. The van der Waals surface area contributed by atoms with Crippen molar-refractivity contribution < 1.29 is 28.9 Å². The number of rotatable bonds is 7. The van der Waals surface area contributed by atoms with Crippen molar-refractivity contribution in [2.75, 3.05) is 11.6 Å². The Morgan fingerprint density at radius 3 is 2.46 bits per heavy atom. The number of aliphatic carboxylic acids is 1. The Balaban J connectivity index is 2.20. The standard InChI is InChI=1S/C20H20FNO5S/c1-12(3-10-18(24)25)19(13-4-9-17(23)16(21)11-13)27-20(26)22-14-5-7-15(28-2)8-6-14/h3-12,19,23H,1-2H3,(H,22,26)(H,24,25)/b10-3+/t12-,19-/m1/s1. The number of hydrogen-bond donors (Lipinski definition) is 3. The van der Waals surface area contributed by atoms with Gasteiger partial charge in [-0.15, -0.1) is 11.8 Å². The van der Waals surface area contributed by atoms with Crippen molar-refractivity contribution in [2.45, 2.75) is 17.9 Å². The van der Waals surface area contributed by atoms with Gasteiger partial charge in [0.15, 0.2) is 11.6 Å². The first-order chi connectivity index (χ1) is 13.3. The van der Waals surface area contributed by atoms with Crippen LogP contribution >= 0.6 is 11.8 Å². The molecule has 0 unspecified atom stereocenters. The molecule has 0 bridgehead atoms. The predicted molar refractivity (Wildman–Crippen MR) is 105 cm³/mol. The molecule has 6 nitrogen and oxygen atoms in total. The Bertz CT molecular complexity index is 869. The third kappa shape index (κ3) is 6.02. The summed E-state index contributed by atoms with van der Waals surface area (Å²) in [7, 11) is 0. The maximum atomic E-state index is 13.8. The number of phenols is 1. The molecule has 1 amide bonds. The lowest BCUT2D eigenvalue weighted by molar-refractivity contribution is -0.131. The van der Waals surface area contributed by atoms with E-state index in [1.54, 1.807) is 30.8 Å². The Morgan fingerprint density at radius 1 is 1.21 bits per heavy atom. The number of carbonyl (C=O) groups excluding carboxylic acids is 1. The molecule has 0 fully saturated rings. The normalized spacial score (nSPS) is 13.1. The van der Waals surface area contributed by atoms with Gasteiger partial charge in [0.25, 0.3) is 0 Å². The second kappa shape index (κ2) is 9.80. The van der Waals surface area contributed by atoms with Crippen LogP contribution in [-0.4, -0.2) is 28.5 Å². The number of carboxylic acid groups (broad SMARTS) is 1. The molecule has 3 N–H and O–H groups in total. The van der Waals surface area contributed by atoms with E-state index in [0.717, 1.165) is 23.1 Å². The first-order valence-electron chi connectivity index (χ1n) is 8.31. The summed E-state index contributed by atoms with van der Waals surface area (Å²) in [6.45, 7) is 1.63. The number of anilines is 1. The molecule has 0 saturated carbocycles. The van der Waals surface area contributed by atoms with E-state index in [-0.39, 0.29) is 5.56 Å². The van der Waals surface area contributed by atoms with Crippen molar-refractivity contribution >= 4 is 29.5 Å². The molecule has 8 heteroatoms. The summed E-state index contributed by atoms with van der Waals surface area (Å²) in [5.41, 5.74) is 0.804. The van der Waals surface area contributed by atoms with Crippen LogP contribution < -0.4 is 5.32 Å². The molecule has 2 aromatic carbocycles. The number of nitrogens with one attached hydrogen (secondary N) is 1. The maximum Gasteiger partial charge on any atom is 0.412 e. The van der Waals surface area contributed by atoms with Gasteiger partial charge >= 0.3 is 12.1 Å². The molecule has 0 heterocycles. The fraction of sp³-hybridized carbons (Fsp3) is 0.200. The van der Waals surface area contributed by atoms with Gasteiger partial charge in [0, 0.05) is 22.6 Å². The fourth-order valence-corrected chi connectivity index (χ4v) is 2.86. The second-order valence-corrected chi connectivity index (χ2v) is 6.83. The molecule has 0 aliphatic heterocycles. The first kappa shape index (κ1) is 21.3. The van der Waals surface area contributed by atoms with Crippen LogP contribution in [0, 0.1) is 11.7 Å². The third-order valence-electron chi connectivity index (χ3n) is 3.89. The fourth-order valence-electron chi connectivity index (χ4n) is 2.45. The van der Waals surface area contributed by atoms with Crippen LogP contribution in [0.5, 0.6) is 5.75 Å². The number of thioether (sulfide) groups is 1. The SMILES string of the molecule is CSc1ccc(NC(=O)O[C@@H](c2ccc(O)c(F)c2)[C@H](C)/C=C/C(=O)O)cc1. The third-order valence-corrected chi connectivity index (χ3v) is 4.63. The van der Waals surface area contributed by atoms with Crippen LogP contribution in [0.1, 0.15) is 18.6 Å². The van der Waals surface area contributed by atoms with Crippen molar-refractivity contribution in [3.05, 3.63) is 66.0 Å². The van der Waals surface area contributed by atoms with Gasteiger partial charge in [-0.1, -0.05) is 19.1 Å². The molecule has 148 valence electrons. The van der Waals surface area contributed by atoms with Crippen molar-refractivity contribution in [2.24, 2.45) is 5.92 Å². The van der Waals surface area contributed by atoms with Crippen molar-refractivity contribution in [1.29, 1.82) is 0 Å². The number of ether oxygens (including phenoxy) is 1. The molecule has 0 radical (unpaired) electrons. The number of phenolic OH excluding ortho intramolecular Hbond substituents is 1. The molecule has 2 rings (SSSR count). The summed E-state index contributed by atoms with van der Waals surface area (Å²) in [5, 5.41) is 20.8. The molecule has 0 aliphatic carbocycles. The number of aromatic hydroxyl groups is 1. The Kier molecular flexibility index (Phi) is 7.45. The summed E-state index contributed by atoms with van der Waals surface area (Å²) >= 11 is 1.56. The van der Waals surface area contributed by atoms with E-state index < -0.39 is 35.7 Å². The lowest BCUT2D eigenvalue weighted by Crippen LogP contribution is -2.21. The van der Waals surface area contributed by atoms with Gasteiger partial charge in [0.2, 0.25) is 0 Å².